The third-order valence-corrected chi connectivity index (χ3v) is 3.88. The number of carbonyl (C=O) groups excluding carboxylic acids is 2. The number of rotatable bonds is 6. The number of carbonyl (C=O) groups is 2. The molecule has 0 aromatic heterocycles. The molecule has 0 aliphatic carbocycles. The lowest BCUT2D eigenvalue weighted by atomic mass is 9.91. The highest BCUT2D eigenvalue weighted by Crippen LogP contribution is 2.30. The van der Waals surface area contributed by atoms with Crippen molar-refractivity contribution in [2.45, 2.75) is 32.8 Å². The van der Waals surface area contributed by atoms with Crippen LogP contribution < -0.4 is 5.32 Å². The van der Waals surface area contributed by atoms with Gasteiger partial charge in [-0.15, -0.1) is 0 Å². The number of ketones is 1. The maximum atomic E-state index is 12.4. The number of Topliss-reactive ketones (excluding diaryl/α,β-unsaturated/α-hetero) is 1. The van der Waals surface area contributed by atoms with E-state index in [1.165, 1.54) is 0 Å². The molecule has 0 radical (unpaired) electrons. The lowest BCUT2D eigenvalue weighted by molar-refractivity contribution is -0.133. The van der Waals surface area contributed by atoms with E-state index in [2.05, 4.69) is 5.32 Å². The van der Waals surface area contributed by atoms with Gasteiger partial charge >= 0.3 is 0 Å². The summed E-state index contributed by atoms with van der Waals surface area (Å²) in [4.78, 5) is 24.4. The Kier molecular flexibility index (Phi) is 5.89. The van der Waals surface area contributed by atoms with Gasteiger partial charge < -0.3 is 10.1 Å². The standard InChI is InChI=1S/C18H22N2O3/c1-12(2)11-20-18(22)15(10-19)16(21)9-17-14-6-4-3-5-13(14)7-8-23-17/h3-6,12,15,17H,7-9,11H2,1-2H3,(H,20,22)/t15-,17-/m1/s1. The van der Waals surface area contributed by atoms with Crippen molar-refractivity contribution in [3.63, 3.8) is 0 Å². The molecule has 1 aliphatic heterocycles. The lowest BCUT2D eigenvalue weighted by Gasteiger charge is -2.26. The van der Waals surface area contributed by atoms with Crippen LogP contribution in [0, 0.1) is 23.2 Å². The molecule has 1 aliphatic rings. The molecule has 0 spiro atoms. The number of amides is 1. The average molecular weight is 314 g/mol. The predicted molar refractivity (Wildman–Crippen MR) is 85.4 cm³/mol. The second-order valence-electron chi connectivity index (χ2n) is 6.18. The zero-order valence-corrected chi connectivity index (χ0v) is 13.5. The Hall–Kier alpha value is -2.19. The summed E-state index contributed by atoms with van der Waals surface area (Å²) >= 11 is 0. The number of hydrogen-bond acceptors (Lipinski definition) is 4. The van der Waals surface area contributed by atoms with Gasteiger partial charge in [0.15, 0.2) is 11.7 Å². The van der Waals surface area contributed by atoms with Crippen molar-refractivity contribution in [3.8, 4) is 6.07 Å². The van der Waals surface area contributed by atoms with Crippen molar-refractivity contribution >= 4 is 11.7 Å². The van der Waals surface area contributed by atoms with Crippen LogP contribution in [-0.4, -0.2) is 24.8 Å². The van der Waals surface area contributed by atoms with Crippen LogP contribution in [0.15, 0.2) is 24.3 Å². The van der Waals surface area contributed by atoms with Gasteiger partial charge in [0.25, 0.3) is 0 Å². The Balaban J connectivity index is 2.03. The topological polar surface area (TPSA) is 79.2 Å². The van der Waals surface area contributed by atoms with E-state index in [1.807, 2.05) is 44.2 Å². The van der Waals surface area contributed by atoms with E-state index in [4.69, 9.17) is 4.74 Å². The van der Waals surface area contributed by atoms with Gasteiger partial charge in [-0.1, -0.05) is 38.1 Å². The van der Waals surface area contributed by atoms with Gasteiger partial charge in [0.2, 0.25) is 5.91 Å². The molecule has 0 fully saturated rings. The molecule has 1 amide bonds. The zero-order valence-electron chi connectivity index (χ0n) is 13.5. The van der Waals surface area contributed by atoms with E-state index in [0.717, 1.165) is 17.5 Å². The van der Waals surface area contributed by atoms with E-state index in [1.54, 1.807) is 0 Å². The maximum absolute atomic E-state index is 12.4. The van der Waals surface area contributed by atoms with Gasteiger partial charge in [-0.3, -0.25) is 9.59 Å². The number of nitrogens with zero attached hydrogens (tertiary/aromatic N) is 1. The minimum Gasteiger partial charge on any atom is -0.373 e. The number of nitriles is 1. The van der Waals surface area contributed by atoms with Crippen LogP contribution in [-0.2, 0) is 20.7 Å². The number of nitrogens with one attached hydrogen (secondary N) is 1. The van der Waals surface area contributed by atoms with Gasteiger partial charge in [-0.05, 0) is 23.5 Å². The van der Waals surface area contributed by atoms with Crippen molar-refractivity contribution < 1.29 is 14.3 Å². The summed E-state index contributed by atoms with van der Waals surface area (Å²) in [6.07, 6.45) is 0.489. The summed E-state index contributed by atoms with van der Waals surface area (Å²) in [5.41, 5.74) is 2.14. The van der Waals surface area contributed by atoms with Crippen molar-refractivity contribution in [1.29, 1.82) is 5.26 Å². The SMILES string of the molecule is CC(C)CNC(=O)[C@H](C#N)C(=O)C[C@H]1OCCc2ccccc21. The molecule has 5 heteroatoms. The number of hydrogen-bond donors (Lipinski definition) is 1. The third-order valence-electron chi connectivity index (χ3n) is 3.88. The first-order valence-corrected chi connectivity index (χ1v) is 7.92. The van der Waals surface area contributed by atoms with Gasteiger partial charge in [0, 0.05) is 13.0 Å². The van der Waals surface area contributed by atoms with Crippen LogP contribution in [0.1, 0.15) is 37.5 Å². The highest BCUT2D eigenvalue weighted by Gasteiger charge is 2.31. The number of benzene rings is 1. The highest BCUT2D eigenvalue weighted by molar-refractivity contribution is 6.04. The molecule has 1 N–H and O–H groups in total. The summed E-state index contributed by atoms with van der Waals surface area (Å²) in [5.74, 6) is -1.92. The first-order valence-electron chi connectivity index (χ1n) is 7.92. The Bertz CT molecular complexity index is 619. The van der Waals surface area contributed by atoms with Gasteiger partial charge in [-0.2, -0.15) is 5.26 Å². The van der Waals surface area contributed by atoms with Crippen LogP contribution in [0.5, 0.6) is 0 Å². The quantitative estimate of drug-likeness (QED) is 0.816. The van der Waals surface area contributed by atoms with Crippen molar-refractivity contribution in [2.75, 3.05) is 13.2 Å². The Morgan fingerprint density at radius 1 is 1.39 bits per heavy atom. The predicted octanol–water partition coefficient (Wildman–Crippen LogP) is 2.17. The van der Waals surface area contributed by atoms with Crippen LogP contribution >= 0.6 is 0 Å². The lowest BCUT2D eigenvalue weighted by Crippen LogP contribution is -2.37. The smallest absolute Gasteiger partial charge is 0.245 e. The van der Waals surface area contributed by atoms with Crippen molar-refractivity contribution in [2.24, 2.45) is 11.8 Å². The molecular formula is C18H22N2O3. The molecule has 2 rings (SSSR count). The first kappa shape index (κ1) is 17.2. The Morgan fingerprint density at radius 3 is 2.83 bits per heavy atom. The molecule has 0 unspecified atom stereocenters. The van der Waals surface area contributed by atoms with Gasteiger partial charge in [0.1, 0.15) is 0 Å². The van der Waals surface area contributed by atoms with E-state index in [0.29, 0.717) is 13.2 Å². The minimum atomic E-state index is -1.27. The minimum absolute atomic E-state index is 0.0460. The maximum Gasteiger partial charge on any atom is 0.245 e. The molecule has 0 saturated heterocycles. The van der Waals surface area contributed by atoms with Gasteiger partial charge in [0.05, 0.1) is 18.8 Å². The Morgan fingerprint density at radius 2 is 2.13 bits per heavy atom. The largest absolute Gasteiger partial charge is 0.373 e. The molecule has 1 aromatic rings. The fourth-order valence-electron chi connectivity index (χ4n) is 2.63. The molecule has 23 heavy (non-hydrogen) atoms. The summed E-state index contributed by atoms with van der Waals surface area (Å²) in [7, 11) is 0. The molecule has 0 saturated carbocycles. The molecule has 1 aromatic carbocycles. The molecule has 2 atom stereocenters. The van der Waals surface area contributed by atoms with Crippen LogP contribution in [0.25, 0.3) is 0 Å². The van der Waals surface area contributed by atoms with Crippen LogP contribution in [0.4, 0.5) is 0 Å². The fourth-order valence-corrected chi connectivity index (χ4v) is 2.63. The molecule has 1 heterocycles. The molecule has 5 nitrogen and oxygen atoms in total. The number of ether oxygens (including phenoxy) is 1. The summed E-state index contributed by atoms with van der Waals surface area (Å²) in [6.45, 7) is 4.91. The monoisotopic (exact) mass is 314 g/mol. The summed E-state index contributed by atoms with van der Waals surface area (Å²) < 4.78 is 5.69. The number of fused-ring (bicyclic) bond motifs is 1. The Labute approximate surface area is 136 Å². The van der Waals surface area contributed by atoms with E-state index < -0.39 is 17.6 Å². The van der Waals surface area contributed by atoms with Gasteiger partial charge in [-0.25, -0.2) is 0 Å². The normalized spacial score (nSPS) is 17.9. The zero-order chi connectivity index (χ0) is 16.8. The third kappa shape index (κ3) is 4.40. The molecule has 0 bridgehead atoms. The fraction of sp³-hybridized carbons (Fsp3) is 0.500. The average Bonchev–Trinajstić information content (AvgIpc) is 2.54. The van der Waals surface area contributed by atoms with E-state index in [9.17, 15) is 14.9 Å². The highest BCUT2D eigenvalue weighted by atomic mass is 16.5. The summed E-state index contributed by atoms with van der Waals surface area (Å²) in [5, 5.41) is 11.8. The molecular weight excluding hydrogens is 292 g/mol. The second kappa shape index (κ2) is 7.89. The van der Waals surface area contributed by atoms with Crippen molar-refractivity contribution in [1.82, 2.24) is 5.32 Å². The van der Waals surface area contributed by atoms with Crippen LogP contribution in [0.2, 0.25) is 0 Å². The molecule has 122 valence electrons. The van der Waals surface area contributed by atoms with Crippen molar-refractivity contribution in [3.05, 3.63) is 35.4 Å². The van der Waals surface area contributed by atoms with Crippen LogP contribution in [0.3, 0.4) is 0 Å². The first-order chi connectivity index (χ1) is 11.0. The summed E-state index contributed by atoms with van der Waals surface area (Å²) in [6, 6.07) is 9.64. The second-order valence-corrected chi connectivity index (χ2v) is 6.18. The van der Waals surface area contributed by atoms with E-state index in [-0.39, 0.29) is 18.4 Å². The van der Waals surface area contributed by atoms with E-state index >= 15 is 0 Å².